The van der Waals surface area contributed by atoms with Gasteiger partial charge in [-0.25, -0.2) is 4.79 Å². The largest absolute Gasteiger partial charge is 0.508 e. The van der Waals surface area contributed by atoms with E-state index in [1.54, 1.807) is 62.6 Å². The predicted octanol–water partition coefficient (Wildman–Crippen LogP) is 5.38. The first-order valence-corrected chi connectivity index (χ1v) is 12.7. The van der Waals surface area contributed by atoms with Crippen LogP contribution in [0, 0.1) is 11.3 Å². The average Bonchev–Trinajstić information content (AvgIpc) is 2.95. The minimum Gasteiger partial charge on any atom is -0.508 e. The van der Waals surface area contributed by atoms with Crippen molar-refractivity contribution in [3.8, 4) is 17.6 Å². The fourth-order valence-corrected chi connectivity index (χ4v) is 5.47. The number of nitriles is 1. The predicted molar refractivity (Wildman–Crippen MR) is 145 cm³/mol. The van der Waals surface area contributed by atoms with Crippen LogP contribution in [-0.2, 0) is 20.9 Å². The van der Waals surface area contributed by atoms with Gasteiger partial charge in [-0.2, -0.15) is 5.26 Å². The summed E-state index contributed by atoms with van der Waals surface area (Å²) < 4.78 is 11.3. The lowest BCUT2D eigenvalue weighted by Gasteiger charge is -2.37. The number of aromatic hydroxyl groups is 1. The monoisotopic (exact) mass is 520 g/mol. The zero-order valence-corrected chi connectivity index (χ0v) is 21.7. The summed E-state index contributed by atoms with van der Waals surface area (Å²) in [5, 5.41) is 22.6. The molecule has 2 aliphatic rings. The Morgan fingerprint density at radius 3 is 2.56 bits per heavy atom. The van der Waals surface area contributed by atoms with Crippen LogP contribution in [0.5, 0.6) is 11.5 Å². The van der Waals surface area contributed by atoms with Crippen LogP contribution in [0.2, 0.25) is 0 Å². The minimum absolute atomic E-state index is 0.0177. The molecule has 196 valence electrons. The third kappa shape index (κ3) is 5.14. The summed E-state index contributed by atoms with van der Waals surface area (Å²) in [6.45, 7) is 1.82. The number of hydrogen-bond acceptors (Lipinski definition) is 7. The lowest BCUT2D eigenvalue weighted by molar-refractivity contribution is -0.140. The maximum atomic E-state index is 13.8. The van der Waals surface area contributed by atoms with Gasteiger partial charge in [-0.3, -0.25) is 4.79 Å². The van der Waals surface area contributed by atoms with Crippen molar-refractivity contribution in [1.29, 1.82) is 5.26 Å². The van der Waals surface area contributed by atoms with Crippen LogP contribution in [0.1, 0.15) is 53.9 Å². The summed E-state index contributed by atoms with van der Waals surface area (Å²) in [6, 6.07) is 23.2. The van der Waals surface area contributed by atoms with E-state index in [0.29, 0.717) is 34.4 Å². The van der Waals surface area contributed by atoms with E-state index < -0.39 is 11.9 Å². The second-order valence-electron chi connectivity index (χ2n) is 9.74. The van der Waals surface area contributed by atoms with Crippen LogP contribution in [0.4, 0.5) is 0 Å². The number of ether oxygens (including phenoxy) is 2. The molecule has 0 saturated heterocycles. The molecule has 1 aliphatic heterocycles. The van der Waals surface area contributed by atoms with Gasteiger partial charge in [0.1, 0.15) is 18.1 Å². The first-order valence-electron chi connectivity index (χ1n) is 12.7. The maximum absolute atomic E-state index is 13.8. The van der Waals surface area contributed by atoms with Crippen molar-refractivity contribution < 1.29 is 24.2 Å². The highest BCUT2D eigenvalue weighted by atomic mass is 16.5. The van der Waals surface area contributed by atoms with E-state index in [1.807, 2.05) is 24.3 Å². The number of para-hydroxylation sites is 1. The van der Waals surface area contributed by atoms with Gasteiger partial charge in [0, 0.05) is 35.2 Å². The van der Waals surface area contributed by atoms with Crippen LogP contribution < -0.4 is 10.1 Å². The Morgan fingerprint density at radius 2 is 1.85 bits per heavy atom. The molecular weight excluding hydrogens is 492 g/mol. The fraction of sp³-hybridized carbons (Fsp3) is 0.219. The zero-order chi connectivity index (χ0) is 27.5. The highest BCUT2D eigenvalue weighted by Gasteiger charge is 2.42. The van der Waals surface area contributed by atoms with Gasteiger partial charge < -0.3 is 19.9 Å². The molecule has 0 bridgehead atoms. The van der Waals surface area contributed by atoms with Crippen molar-refractivity contribution in [2.75, 3.05) is 7.11 Å². The molecular formula is C32H28N2O5. The normalized spacial score (nSPS) is 18.6. The number of allylic oxidation sites excluding steroid dienone is 3. The van der Waals surface area contributed by atoms with Crippen LogP contribution in [0.3, 0.4) is 0 Å². The molecule has 2 unspecified atom stereocenters. The molecule has 7 nitrogen and oxygen atoms in total. The number of benzene rings is 3. The lowest BCUT2D eigenvalue weighted by Crippen LogP contribution is -2.36. The van der Waals surface area contributed by atoms with Gasteiger partial charge in [0.05, 0.1) is 24.3 Å². The Morgan fingerprint density at radius 1 is 1.08 bits per heavy atom. The Labute approximate surface area is 227 Å². The van der Waals surface area contributed by atoms with Crippen LogP contribution in [-0.4, -0.2) is 24.0 Å². The van der Waals surface area contributed by atoms with E-state index in [2.05, 4.69) is 11.4 Å². The van der Waals surface area contributed by atoms with E-state index in [-0.39, 0.29) is 30.5 Å². The number of dihydropyridines is 1. The number of rotatable bonds is 6. The van der Waals surface area contributed by atoms with Crippen LogP contribution in [0.25, 0.3) is 0 Å². The van der Waals surface area contributed by atoms with E-state index >= 15 is 0 Å². The van der Waals surface area contributed by atoms with Crippen LogP contribution >= 0.6 is 0 Å². The second kappa shape index (κ2) is 10.9. The molecule has 1 heterocycles. The number of esters is 1. The van der Waals surface area contributed by atoms with E-state index in [4.69, 9.17) is 14.7 Å². The summed E-state index contributed by atoms with van der Waals surface area (Å²) in [4.78, 5) is 27.3. The molecule has 39 heavy (non-hydrogen) atoms. The van der Waals surface area contributed by atoms with Crippen LogP contribution in [0.15, 0.2) is 95.3 Å². The zero-order valence-electron chi connectivity index (χ0n) is 21.7. The SMILES string of the molecule is COc1ccccc1C1CC(=O)C2=C(C1)NC(C)=C(C(=O)OCc1ccc(C#N)cc1)C2c1cccc(O)c1. The van der Waals surface area contributed by atoms with Gasteiger partial charge in [-0.15, -0.1) is 0 Å². The van der Waals surface area contributed by atoms with Crippen molar-refractivity contribution in [3.63, 3.8) is 0 Å². The van der Waals surface area contributed by atoms with Gasteiger partial charge >= 0.3 is 5.97 Å². The molecule has 0 spiro atoms. The first kappa shape index (κ1) is 25.8. The summed E-state index contributed by atoms with van der Waals surface area (Å²) >= 11 is 0. The minimum atomic E-state index is -0.687. The number of carbonyl (C=O) groups is 2. The molecule has 0 aromatic heterocycles. The molecule has 0 fully saturated rings. The topological polar surface area (TPSA) is 109 Å². The van der Waals surface area contributed by atoms with Crippen molar-refractivity contribution in [2.24, 2.45) is 0 Å². The Hall–Kier alpha value is -4.83. The number of Topliss-reactive ketones (excluding diaryl/α,β-unsaturated/α-hetero) is 1. The number of phenolic OH excluding ortho intramolecular Hbond substituents is 1. The summed E-state index contributed by atoms with van der Waals surface area (Å²) in [6.07, 6.45) is 0.838. The molecule has 2 atom stereocenters. The van der Waals surface area contributed by atoms with Crippen molar-refractivity contribution in [2.45, 2.75) is 38.2 Å². The van der Waals surface area contributed by atoms with Gasteiger partial charge in [-0.05, 0) is 60.4 Å². The average molecular weight is 521 g/mol. The highest BCUT2D eigenvalue weighted by Crippen LogP contribution is 2.47. The summed E-state index contributed by atoms with van der Waals surface area (Å²) in [5.41, 5.74) is 5.07. The molecule has 7 heteroatoms. The molecule has 3 aromatic rings. The summed E-state index contributed by atoms with van der Waals surface area (Å²) in [7, 11) is 1.62. The summed E-state index contributed by atoms with van der Waals surface area (Å²) in [5.74, 6) is -0.609. The number of nitrogens with zero attached hydrogens (tertiary/aromatic N) is 1. The van der Waals surface area contributed by atoms with Gasteiger partial charge in [0.15, 0.2) is 5.78 Å². The Bertz CT molecular complexity index is 1550. The lowest BCUT2D eigenvalue weighted by atomic mass is 9.71. The third-order valence-electron chi connectivity index (χ3n) is 7.28. The molecule has 3 aromatic carbocycles. The molecule has 5 rings (SSSR count). The van der Waals surface area contributed by atoms with Crippen molar-refractivity contribution >= 4 is 11.8 Å². The van der Waals surface area contributed by atoms with Gasteiger partial charge in [0.2, 0.25) is 0 Å². The maximum Gasteiger partial charge on any atom is 0.337 e. The van der Waals surface area contributed by atoms with Crippen molar-refractivity contribution in [3.05, 3.63) is 118 Å². The molecule has 1 aliphatic carbocycles. The number of carbonyl (C=O) groups excluding carboxylic acids is 2. The molecule has 0 saturated carbocycles. The second-order valence-corrected chi connectivity index (χ2v) is 9.74. The van der Waals surface area contributed by atoms with E-state index in [9.17, 15) is 14.7 Å². The molecule has 2 N–H and O–H groups in total. The number of nitrogens with one attached hydrogen (secondary N) is 1. The van der Waals surface area contributed by atoms with E-state index in [1.165, 1.54) is 0 Å². The number of methoxy groups -OCH3 is 1. The standard InChI is InChI=1S/C32H28N2O5/c1-19-29(32(37)39-18-21-12-10-20(17-33)11-13-21)30(22-6-5-7-24(35)14-22)31-26(34-19)15-23(16-27(31)36)25-8-3-4-9-28(25)38-2/h3-14,23,30,34-35H,15-16,18H2,1-2H3. The van der Waals surface area contributed by atoms with Gasteiger partial charge in [0.25, 0.3) is 0 Å². The first-order chi connectivity index (χ1) is 18.9. The number of hydrogen-bond donors (Lipinski definition) is 2. The smallest absolute Gasteiger partial charge is 0.337 e. The van der Waals surface area contributed by atoms with E-state index in [0.717, 1.165) is 22.6 Å². The fourth-order valence-electron chi connectivity index (χ4n) is 5.47. The highest BCUT2D eigenvalue weighted by molar-refractivity contribution is 6.04. The molecule has 0 amide bonds. The van der Waals surface area contributed by atoms with Crippen molar-refractivity contribution in [1.82, 2.24) is 5.32 Å². The van der Waals surface area contributed by atoms with Gasteiger partial charge in [-0.1, -0.05) is 42.5 Å². The number of ketones is 1. The quantitative estimate of drug-likeness (QED) is 0.420. The molecule has 0 radical (unpaired) electrons. The number of phenols is 1. The third-order valence-corrected chi connectivity index (χ3v) is 7.28. The Kier molecular flexibility index (Phi) is 7.20. The Balaban J connectivity index is 1.50.